The van der Waals surface area contributed by atoms with Crippen LogP contribution in [0, 0.1) is 28.1 Å². The van der Waals surface area contributed by atoms with Gasteiger partial charge in [0.25, 0.3) is 0 Å². The van der Waals surface area contributed by atoms with E-state index >= 15 is 0 Å². The van der Waals surface area contributed by atoms with Crippen molar-refractivity contribution in [3.05, 3.63) is 36.3 Å². The molecule has 2 aliphatic carbocycles. The van der Waals surface area contributed by atoms with Crippen molar-refractivity contribution in [1.29, 1.82) is 0 Å². The number of aliphatic hydroxyl groups is 1. The van der Waals surface area contributed by atoms with Gasteiger partial charge in [-0.3, -0.25) is 4.79 Å². The Hall–Kier alpha value is -2.69. The Balaban J connectivity index is 1.58. The number of methoxy groups -OCH3 is 1. The Labute approximate surface area is 226 Å². The zero-order valence-electron chi connectivity index (χ0n) is 23.1. The van der Waals surface area contributed by atoms with Crippen LogP contribution in [0.3, 0.4) is 0 Å². The molecular formula is C29H36O10. The van der Waals surface area contributed by atoms with Crippen LogP contribution < -0.4 is 0 Å². The molecule has 0 unspecified atom stereocenters. The first-order chi connectivity index (χ1) is 18.3. The quantitative estimate of drug-likeness (QED) is 0.261. The molecule has 5 fully saturated rings. The number of carbonyl (C=O) groups is 3. The molecule has 1 spiro atoms. The highest BCUT2D eigenvalue weighted by Gasteiger charge is 2.90. The van der Waals surface area contributed by atoms with E-state index in [0.29, 0.717) is 18.4 Å². The Morgan fingerprint density at radius 3 is 2.56 bits per heavy atom. The first kappa shape index (κ1) is 26.5. The maximum absolute atomic E-state index is 13.4. The van der Waals surface area contributed by atoms with E-state index in [1.54, 1.807) is 18.4 Å². The summed E-state index contributed by atoms with van der Waals surface area (Å²) in [7, 11) is 1.31. The van der Waals surface area contributed by atoms with Crippen molar-refractivity contribution in [2.24, 2.45) is 28.1 Å². The van der Waals surface area contributed by atoms with E-state index in [9.17, 15) is 19.5 Å². The van der Waals surface area contributed by atoms with Crippen LogP contribution in [0.15, 0.2) is 35.2 Å². The SMILES string of the molecule is COC(=O)/C=C/[C@]12COC(C)(C)[C@@H]1[C@H](O)[C@H](OC(C)=O)[C@]1(C)[C@@H]2CC[C@]2(C)[C@H](c3ccoc3)OC(=O)[C@@H]3O[C@@]312. The zero-order chi connectivity index (χ0) is 28.2. The molecule has 0 bridgehead atoms. The molecule has 39 heavy (non-hydrogen) atoms. The molecular weight excluding hydrogens is 508 g/mol. The summed E-state index contributed by atoms with van der Waals surface area (Å²) < 4.78 is 35.0. The van der Waals surface area contributed by atoms with Crippen molar-refractivity contribution in [2.75, 3.05) is 13.7 Å². The third kappa shape index (κ3) is 3.11. The predicted octanol–water partition coefficient (Wildman–Crippen LogP) is 2.88. The van der Waals surface area contributed by atoms with Gasteiger partial charge < -0.3 is 33.2 Å². The number of hydrogen-bond donors (Lipinski definition) is 1. The molecule has 10 heteroatoms. The Morgan fingerprint density at radius 1 is 1.18 bits per heavy atom. The molecule has 1 aromatic rings. The van der Waals surface area contributed by atoms with Gasteiger partial charge >= 0.3 is 17.9 Å². The summed E-state index contributed by atoms with van der Waals surface area (Å²) in [6, 6.07) is 1.78. The highest BCUT2D eigenvalue weighted by atomic mass is 16.7. The molecule has 10 atom stereocenters. The number of ether oxygens (including phenoxy) is 5. The number of epoxide rings is 1. The van der Waals surface area contributed by atoms with E-state index < -0.39 is 75.7 Å². The van der Waals surface area contributed by atoms with Crippen LogP contribution in [-0.2, 0) is 38.1 Å². The van der Waals surface area contributed by atoms with Gasteiger partial charge in [0.05, 0.1) is 37.9 Å². The molecule has 4 heterocycles. The van der Waals surface area contributed by atoms with E-state index in [0.717, 1.165) is 0 Å². The van der Waals surface area contributed by atoms with Crippen molar-refractivity contribution in [1.82, 2.24) is 0 Å². The van der Waals surface area contributed by atoms with E-state index in [-0.39, 0.29) is 12.5 Å². The predicted molar refractivity (Wildman–Crippen MR) is 133 cm³/mol. The average molecular weight is 545 g/mol. The molecule has 5 aliphatic rings. The molecule has 10 nitrogen and oxygen atoms in total. The van der Waals surface area contributed by atoms with Gasteiger partial charge in [-0.15, -0.1) is 0 Å². The average Bonchev–Trinajstić information content (AvgIpc) is 3.33. The molecule has 0 radical (unpaired) electrons. The fourth-order valence-electron chi connectivity index (χ4n) is 9.39. The third-order valence-electron chi connectivity index (χ3n) is 10.8. The van der Waals surface area contributed by atoms with Crippen LogP contribution in [0.1, 0.15) is 59.1 Å². The van der Waals surface area contributed by atoms with Gasteiger partial charge in [0.15, 0.2) is 6.10 Å². The lowest BCUT2D eigenvalue weighted by Gasteiger charge is -2.67. The minimum Gasteiger partial charge on any atom is -0.472 e. The Bertz CT molecular complexity index is 1240. The van der Waals surface area contributed by atoms with Gasteiger partial charge in [0.2, 0.25) is 0 Å². The smallest absolute Gasteiger partial charge is 0.339 e. The van der Waals surface area contributed by atoms with Crippen LogP contribution in [-0.4, -0.2) is 66.2 Å². The van der Waals surface area contributed by atoms with Crippen LogP contribution in [0.2, 0.25) is 0 Å². The highest BCUT2D eigenvalue weighted by Crippen LogP contribution is 2.80. The number of rotatable bonds is 4. The first-order valence-electron chi connectivity index (χ1n) is 13.5. The lowest BCUT2D eigenvalue weighted by atomic mass is 9.37. The highest BCUT2D eigenvalue weighted by molar-refractivity contribution is 5.83. The van der Waals surface area contributed by atoms with Gasteiger partial charge in [0, 0.05) is 40.7 Å². The van der Waals surface area contributed by atoms with Gasteiger partial charge in [0.1, 0.15) is 17.8 Å². The number of hydrogen-bond acceptors (Lipinski definition) is 10. The largest absolute Gasteiger partial charge is 0.472 e. The molecule has 212 valence electrons. The van der Waals surface area contributed by atoms with Crippen molar-refractivity contribution in [2.45, 2.75) is 83.1 Å². The Kier molecular flexibility index (Phi) is 5.56. The lowest BCUT2D eigenvalue weighted by Crippen LogP contribution is -2.75. The second-order valence-electron chi connectivity index (χ2n) is 12.8. The maximum Gasteiger partial charge on any atom is 0.339 e. The van der Waals surface area contributed by atoms with Crippen molar-refractivity contribution in [3.63, 3.8) is 0 Å². The number of furan rings is 1. The third-order valence-corrected chi connectivity index (χ3v) is 10.8. The summed E-state index contributed by atoms with van der Waals surface area (Å²) in [5.41, 5.74) is -3.82. The van der Waals surface area contributed by atoms with Gasteiger partial charge in [-0.2, -0.15) is 0 Å². The van der Waals surface area contributed by atoms with Crippen molar-refractivity contribution >= 4 is 17.9 Å². The molecule has 1 N–H and O–H groups in total. The van der Waals surface area contributed by atoms with Gasteiger partial charge in [-0.05, 0) is 38.7 Å². The lowest BCUT2D eigenvalue weighted by molar-refractivity contribution is -0.271. The number of carbonyl (C=O) groups excluding carboxylic acids is 3. The second kappa shape index (κ2) is 8.17. The first-order valence-corrected chi connectivity index (χ1v) is 13.5. The number of fused-ring (bicyclic) bond motifs is 3. The minimum atomic E-state index is -1.18. The van der Waals surface area contributed by atoms with Crippen LogP contribution in [0.5, 0.6) is 0 Å². The summed E-state index contributed by atoms with van der Waals surface area (Å²) in [6.45, 7) is 9.33. The van der Waals surface area contributed by atoms with Crippen LogP contribution in [0.25, 0.3) is 0 Å². The number of aliphatic hydroxyl groups excluding tert-OH is 1. The fraction of sp³-hybridized carbons (Fsp3) is 0.690. The second-order valence-corrected chi connectivity index (χ2v) is 12.8. The topological polar surface area (TPSA) is 134 Å². The monoisotopic (exact) mass is 544 g/mol. The summed E-state index contributed by atoms with van der Waals surface area (Å²) in [5, 5.41) is 12.1. The van der Waals surface area contributed by atoms with Crippen molar-refractivity contribution < 1.29 is 47.6 Å². The van der Waals surface area contributed by atoms with E-state index in [4.69, 9.17) is 28.1 Å². The summed E-state index contributed by atoms with van der Waals surface area (Å²) in [5.74, 6) is -2.38. The summed E-state index contributed by atoms with van der Waals surface area (Å²) >= 11 is 0. The fourth-order valence-corrected chi connectivity index (χ4v) is 9.39. The number of esters is 3. The molecule has 6 rings (SSSR count). The van der Waals surface area contributed by atoms with E-state index in [1.807, 2.05) is 27.7 Å². The molecule has 0 amide bonds. The maximum atomic E-state index is 13.4. The van der Waals surface area contributed by atoms with E-state index in [2.05, 4.69) is 0 Å². The molecule has 0 aromatic carbocycles. The zero-order valence-corrected chi connectivity index (χ0v) is 23.1. The van der Waals surface area contributed by atoms with Crippen LogP contribution in [0.4, 0.5) is 0 Å². The molecule has 3 aliphatic heterocycles. The molecule has 2 saturated carbocycles. The number of cyclic esters (lactones) is 1. The van der Waals surface area contributed by atoms with Gasteiger partial charge in [-0.25, -0.2) is 9.59 Å². The van der Waals surface area contributed by atoms with Crippen LogP contribution >= 0.6 is 0 Å². The molecule has 3 saturated heterocycles. The summed E-state index contributed by atoms with van der Waals surface area (Å²) in [4.78, 5) is 38.3. The normalized spacial score (nSPS) is 47.3. The molecule has 1 aromatic heterocycles. The summed E-state index contributed by atoms with van der Waals surface area (Å²) in [6.07, 6.45) is 3.78. The van der Waals surface area contributed by atoms with Crippen molar-refractivity contribution in [3.8, 4) is 0 Å². The van der Waals surface area contributed by atoms with Gasteiger partial charge in [-0.1, -0.05) is 19.9 Å². The Morgan fingerprint density at radius 2 is 1.92 bits per heavy atom. The minimum absolute atomic E-state index is 0.231. The van der Waals surface area contributed by atoms with E-state index in [1.165, 1.54) is 26.4 Å². The standard InChI is InChI=1S/C29H36O10/c1-15(30)37-22-19(32)20-25(2,3)36-14-28(20,11-8-18(31)34-6)17-7-10-26(4)21(16-9-12-35-13-16)38-24(33)23-29(26,39-23)27(17,22)5/h8-9,11-13,17,19-23,32H,7,10,14H2,1-6H3/b11-8+/t17-,19-,20-,21-,22-,23-,26+,27-,28+,29+/m0/s1.